The van der Waals surface area contributed by atoms with Crippen LogP contribution in [0.5, 0.6) is 0 Å². The van der Waals surface area contributed by atoms with Gasteiger partial charge in [0.1, 0.15) is 0 Å². The molecular formula is C13H14N2O2. The predicted molar refractivity (Wildman–Crippen MR) is 68.7 cm³/mol. The molecular weight excluding hydrogens is 216 g/mol. The number of hydrogen-bond donors (Lipinski definition) is 0. The number of hydrogen-bond acceptors (Lipinski definition) is 2. The third-order valence-corrected chi connectivity index (χ3v) is 2.87. The standard InChI is InChI=1S/C13H14N2O2/c1-9-5-4-6-10-11(8-7-9)14(2)13(17)15(3)12(10)16/h4-8H,1-3H3/b5-4?,6-4-,8-7-,9-5-,9-7?,10-6?,11-8?. The van der Waals surface area contributed by atoms with Crippen LogP contribution in [-0.2, 0) is 14.1 Å². The molecule has 4 heteroatoms. The Morgan fingerprint density at radius 2 is 1.71 bits per heavy atom. The van der Waals surface area contributed by atoms with Gasteiger partial charge < -0.3 is 0 Å². The zero-order chi connectivity index (χ0) is 12.6. The van der Waals surface area contributed by atoms with Gasteiger partial charge >= 0.3 is 5.69 Å². The highest BCUT2D eigenvalue weighted by molar-refractivity contribution is 5.65. The lowest BCUT2D eigenvalue weighted by atomic mass is 10.1. The molecule has 0 bridgehead atoms. The van der Waals surface area contributed by atoms with E-state index in [-0.39, 0.29) is 11.2 Å². The first-order valence-corrected chi connectivity index (χ1v) is 5.35. The summed E-state index contributed by atoms with van der Waals surface area (Å²) in [5.41, 5.74) is 1.67. The van der Waals surface area contributed by atoms with E-state index in [9.17, 15) is 9.59 Å². The van der Waals surface area contributed by atoms with Gasteiger partial charge in [-0.25, -0.2) is 4.79 Å². The Morgan fingerprint density at radius 3 is 2.41 bits per heavy atom. The molecule has 1 heterocycles. The van der Waals surface area contributed by atoms with Crippen LogP contribution in [0.2, 0.25) is 0 Å². The maximum Gasteiger partial charge on any atom is 0.330 e. The van der Waals surface area contributed by atoms with Crippen molar-refractivity contribution in [1.82, 2.24) is 9.13 Å². The predicted octanol–water partition coefficient (Wildman–Crippen LogP) is 1.07. The molecule has 1 aliphatic carbocycles. The molecule has 0 N–H and O–H groups in total. The van der Waals surface area contributed by atoms with Crippen molar-refractivity contribution >= 4 is 12.2 Å². The number of rotatable bonds is 0. The average Bonchev–Trinajstić information content (AvgIpc) is 2.29. The number of allylic oxidation sites excluding steroid dienone is 4. The molecule has 1 aliphatic rings. The molecule has 1 aromatic heterocycles. The van der Waals surface area contributed by atoms with Gasteiger partial charge in [-0.15, -0.1) is 0 Å². The van der Waals surface area contributed by atoms with Crippen LogP contribution in [0.25, 0.3) is 12.2 Å². The second-order valence-corrected chi connectivity index (χ2v) is 4.11. The second kappa shape index (κ2) is 4.05. The van der Waals surface area contributed by atoms with E-state index in [0.29, 0.717) is 11.3 Å². The number of fused-ring (bicyclic) bond motifs is 1. The Morgan fingerprint density at radius 1 is 1.00 bits per heavy atom. The van der Waals surface area contributed by atoms with Gasteiger partial charge in [0.05, 0.1) is 11.3 Å². The molecule has 0 aliphatic heterocycles. The highest BCUT2D eigenvalue weighted by atomic mass is 16.2. The van der Waals surface area contributed by atoms with Crippen LogP contribution in [0, 0.1) is 0 Å². The molecule has 0 atom stereocenters. The molecule has 0 unspecified atom stereocenters. The van der Waals surface area contributed by atoms with Crippen molar-refractivity contribution in [2.45, 2.75) is 6.92 Å². The summed E-state index contributed by atoms with van der Waals surface area (Å²) in [6.07, 6.45) is 9.17. The van der Waals surface area contributed by atoms with Gasteiger partial charge in [-0.1, -0.05) is 23.8 Å². The monoisotopic (exact) mass is 230 g/mol. The molecule has 4 nitrogen and oxygen atoms in total. The molecule has 1 aromatic rings. The van der Waals surface area contributed by atoms with Crippen LogP contribution in [0.3, 0.4) is 0 Å². The maximum atomic E-state index is 12.0. The van der Waals surface area contributed by atoms with E-state index in [4.69, 9.17) is 0 Å². The fourth-order valence-corrected chi connectivity index (χ4v) is 1.81. The summed E-state index contributed by atoms with van der Waals surface area (Å²) in [6.45, 7) is 1.96. The third-order valence-electron chi connectivity index (χ3n) is 2.87. The minimum absolute atomic E-state index is 0.267. The lowest BCUT2D eigenvalue weighted by molar-refractivity contribution is 0.677. The van der Waals surface area contributed by atoms with Gasteiger partial charge in [-0.05, 0) is 19.1 Å². The van der Waals surface area contributed by atoms with Crippen molar-refractivity contribution in [3.63, 3.8) is 0 Å². The number of aromatic nitrogens is 2. The third kappa shape index (κ3) is 1.82. The largest absolute Gasteiger partial charge is 0.330 e. The highest BCUT2D eigenvalue weighted by Gasteiger charge is 2.11. The van der Waals surface area contributed by atoms with Gasteiger partial charge in [0.2, 0.25) is 0 Å². The first-order chi connectivity index (χ1) is 8.02. The van der Waals surface area contributed by atoms with Crippen LogP contribution < -0.4 is 11.2 Å². The minimum Gasteiger partial charge on any atom is -0.296 e. The van der Waals surface area contributed by atoms with Crippen molar-refractivity contribution < 1.29 is 0 Å². The smallest absolute Gasteiger partial charge is 0.296 e. The summed E-state index contributed by atoms with van der Waals surface area (Å²) in [5, 5.41) is 0. The van der Waals surface area contributed by atoms with E-state index < -0.39 is 0 Å². The Kier molecular flexibility index (Phi) is 2.71. The van der Waals surface area contributed by atoms with Gasteiger partial charge in [0.25, 0.3) is 5.56 Å². The van der Waals surface area contributed by atoms with Crippen LogP contribution in [0.1, 0.15) is 18.2 Å². The molecule has 0 saturated heterocycles. The Bertz CT molecular complexity index is 670. The summed E-state index contributed by atoms with van der Waals surface area (Å²) < 4.78 is 2.60. The molecule has 88 valence electrons. The Balaban J connectivity index is 2.89. The van der Waals surface area contributed by atoms with Crippen molar-refractivity contribution in [2.75, 3.05) is 0 Å². The lowest BCUT2D eigenvalue weighted by Crippen LogP contribution is -2.39. The molecule has 0 spiro atoms. The van der Waals surface area contributed by atoms with Crippen LogP contribution in [0.4, 0.5) is 0 Å². The summed E-state index contributed by atoms with van der Waals surface area (Å²) in [7, 11) is 3.15. The van der Waals surface area contributed by atoms with Crippen molar-refractivity contribution in [3.8, 4) is 0 Å². The summed E-state index contributed by atoms with van der Waals surface area (Å²) in [6, 6.07) is 0. The van der Waals surface area contributed by atoms with E-state index in [2.05, 4.69) is 0 Å². The summed E-state index contributed by atoms with van der Waals surface area (Å²) in [5.74, 6) is 0. The van der Waals surface area contributed by atoms with Gasteiger partial charge in [-0.3, -0.25) is 13.9 Å². The lowest BCUT2D eigenvalue weighted by Gasteiger charge is -2.11. The quantitative estimate of drug-likeness (QED) is 0.669. The number of nitrogens with zero attached hydrogens (tertiary/aromatic N) is 2. The summed E-state index contributed by atoms with van der Waals surface area (Å²) >= 11 is 0. The van der Waals surface area contributed by atoms with E-state index >= 15 is 0 Å². The molecule has 0 amide bonds. The first-order valence-electron chi connectivity index (χ1n) is 5.35. The van der Waals surface area contributed by atoms with Crippen LogP contribution in [-0.4, -0.2) is 9.13 Å². The van der Waals surface area contributed by atoms with Crippen LogP contribution in [0.15, 0.2) is 33.4 Å². The molecule has 0 radical (unpaired) electrons. The highest BCUT2D eigenvalue weighted by Crippen LogP contribution is 2.11. The van der Waals surface area contributed by atoms with E-state index in [1.165, 1.54) is 11.6 Å². The average molecular weight is 230 g/mol. The fraction of sp³-hybridized carbons (Fsp3) is 0.231. The molecule has 0 aromatic carbocycles. The molecule has 0 fully saturated rings. The second-order valence-electron chi connectivity index (χ2n) is 4.11. The first kappa shape index (κ1) is 11.4. The van der Waals surface area contributed by atoms with E-state index in [0.717, 1.165) is 10.1 Å². The topological polar surface area (TPSA) is 44.0 Å². The maximum absolute atomic E-state index is 12.0. The SMILES string of the molecule is CC1=C/C=C\c2c(n(C)c(=O)n(C)c2=O)/C=C\1. The fourth-order valence-electron chi connectivity index (χ4n) is 1.81. The van der Waals surface area contributed by atoms with Crippen molar-refractivity contribution in [1.29, 1.82) is 0 Å². The van der Waals surface area contributed by atoms with E-state index in [1.54, 1.807) is 19.2 Å². The molecule has 2 rings (SSSR count). The summed E-state index contributed by atoms with van der Waals surface area (Å²) in [4.78, 5) is 23.8. The Hall–Kier alpha value is -2.10. The van der Waals surface area contributed by atoms with Crippen molar-refractivity contribution in [3.05, 3.63) is 55.9 Å². The van der Waals surface area contributed by atoms with Crippen LogP contribution >= 0.6 is 0 Å². The Labute approximate surface area is 98.8 Å². The zero-order valence-electron chi connectivity index (χ0n) is 10.1. The minimum atomic E-state index is -0.311. The van der Waals surface area contributed by atoms with Crippen molar-refractivity contribution in [2.24, 2.45) is 14.1 Å². The van der Waals surface area contributed by atoms with Gasteiger partial charge in [-0.2, -0.15) is 0 Å². The normalized spacial score (nSPS) is 20.8. The molecule has 0 saturated carbocycles. The van der Waals surface area contributed by atoms with Gasteiger partial charge in [0.15, 0.2) is 0 Å². The zero-order valence-corrected chi connectivity index (χ0v) is 10.1. The van der Waals surface area contributed by atoms with Gasteiger partial charge in [0, 0.05) is 14.1 Å². The van der Waals surface area contributed by atoms with E-state index in [1.807, 2.05) is 25.2 Å². The molecule has 17 heavy (non-hydrogen) atoms.